The molecular weight excluding hydrogens is 985 g/mol. The molecule has 25 nitrogen and oxygen atoms in total. The Labute approximate surface area is 429 Å². The highest BCUT2D eigenvalue weighted by Gasteiger charge is 2.35. The number of amides is 9. The Morgan fingerprint density at radius 1 is 0.685 bits per heavy atom. The molecule has 1 aromatic heterocycles. The maximum atomic E-state index is 14.5. The van der Waals surface area contributed by atoms with Crippen LogP contribution in [0.25, 0.3) is 10.9 Å². The number of benzene rings is 2. The van der Waals surface area contributed by atoms with E-state index in [9.17, 15) is 43.2 Å². The Morgan fingerprint density at radius 3 is 1.90 bits per heavy atom. The molecule has 0 aliphatic carbocycles. The Balaban J connectivity index is 1.78. The van der Waals surface area contributed by atoms with Gasteiger partial charge in [-0.25, -0.2) is 0 Å². The standard InChI is InChI=1S/C46H66N16O9S2/c1-25(63)56-30(13-7-18-53-45(49)50)39(66)59-33-17-20-72-73-24-36(38(48)65)62-44(71)35(22-27-23-55-29-12-6-5-11-28(27)29)61-40(67)31(14-8-19-54-46(51)52)57-43(70)34(21-26-9-3-2-4-10-26)60-41(68)32(58-42(33)69)15-16-37(47)64/h2-6,9-12,23,30-36,55H,7-8,13-22,24H2,1H3,(H2,47,64)(H2,48,65)(H,56,63)(H,57,70)(H,58,69)(H,59,66)(H,60,68)(H,61,67)(H,62,71)(H4,49,50,53)(H4,51,52,54)/t30-,31-,32+,33?,34+,35-,36-/m0/s1. The molecule has 4 rings (SSSR count). The van der Waals surface area contributed by atoms with Crippen LogP contribution in [0.3, 0.4) is 0 Å². The average molecular weight is 1050 g/mol. The van der Waals surface area contributed by atoms with Gasteiger partial charge < -0.3 is 76.6 Å². The van der Waals surface area contributed by atoms with Gasteiger partial charge in [0.15, 0.2) is 11.9 Å². The van der Waals surface area contributed by atoms with Crippen LogP contribution in [0.1, 0.15) is 63.0 Å². The van der Waals surface area contributed by atoms with Crippen LogP contribution in [-0.4, -0.2) is 137 Å². The van der Waals surface area contributed by atoms with E-state index in [0.717, 1.165) is 21.7 Å². The molecule has 1 saturated heterocycles. The van der Waals surface area contributed by atoms with Crippen molar-refractivity contribution in [3.05, 3.63) is 71.9 Å². The van der Waals surface area contributed by atoms with Crippen molar-refractivity contribution in [3.8, 4) is 0 Å². The van der Waals surface area contributed by atoms with Gasteiger partial charge in [-0.3, -0.25) is 53.1 Å². The van der Waals surface area contributed by atoms with Crippen molar-refractivity contribution in [3.63, 3.8) is 0 Å². The number of H-pyrrole nitrogens is 1. The second-order valence-corrected chi connectivity index (χ2v) is 19.7. The molecule has 3 aromatic rings. The van der Waals surface area contributed by atoms with Gasteiger partial charge in [0.25, 0.3) is 0 Å². The number of nitrogens with two attached hydrogens (primary N) is 6. The first kappa shape index (κ1) is 58.0. The van der Waals surface area contributed by atoms with Crippen LogP contribution in [-0.2, 0) is 56.0 Å². The lowest BCUT2D eigenvalue weighted by Crippen LogP contribution is -2.60. The summed E-state index contributed by atoms with van der Waals surface area (Å²) in [7, 11) is 2.28. The Kier molecular flexibility index (Phi) is 23.6. The number of hydrogen-bond acceptors (Lipinski definition) is 13. The molecule has 0 bridgehead atoms. The number of carbonyl (C=O) groups is 9. The zero-order valence-corrected chi connectivity index (χ0v) is 42.0. The summed E-state index contributed by atoms with van der Waals surface area (Å²) >= 11 is 0. The molecule has 2 heterocycles. The van der Waals surface area contributed by atoms with Gasteiger partial charge in [0.1, 0.15) is 42.3 Å². The number of nitrogens with zero attached hydrogens (tertiary/aromatic N) is 2. The SMILES string of the molecule is CC(=O)N[C@@H](CCCN=C(N)N)C(=O)NC1CCSSC[C@@H](C(N)=O)NC(=O)[C@H](Cc2c[nH]c3ccccc23)NC(=O)[C@H](CCCN=C(N)N)NC(=O)[C@@H](Cc2ccccc2)NC(=O)[C@@H](CCC(N)=O)NC1=O. The number of aromatic amines is 1. The van der Waals surface area contributed by atoms with Gasteiger partial charge in [0.05, 0.1) is 0 Å². The van der Waals surface area contributed by atoms with Gasteiger partial charge in [0.2, 0.25) is 53.2 Å². The predicted octanol–water partition coefficient (Wildman–Crippen LogP) is -2.99. The second-order valence-electron chi connectivity index (χ2n) is 17.1. The second kappa shape index (κ2) is 29.7. The van der Waals surface area contributed by atoms with Crippen LogP contribution >= 0.6 is 21.6 Å². The summed E-state index contributed by atoms with van der Waals surface area (Å²) in [5.41, 5.74) is 35.3. The van der Waals surface area contributed by atoms with Crippen molar-refractivity contribution in [2.24, 2.45) is 44.4 Å². The summed E-state index contributed by atoms with van der Waals surface area (Å²) in [6.07, 6.45) is 1.10. The fourth-order valence-corrected chi connectivity index (χ4v) is 9.84. The first-order chi connectivity index (χ1) is 34.8. The monoisotopic (exact) mass is 1050 g/mol. The molecule has 396 valence electrons. The maximum Gasteiger partial charge on any atom is 0.243 e. The van der Waals surface area contributed by atoms with E-state index in [1.807, 2.05) is 24.3 Å². The van der Waals surface area contributed by atoms with Gasteiger partial charge in [-0.15, -0.1) is 0 Å². The minimum atomic E-state index is -1.51. The van der Waals surface area contributed by atoms with E-state index in [0.29, 0.717) is 11.1 Å². The molecular formula is C46H66N16O9S2. The Hall–Kier alpha value is -7.55. The minimum absolute atomic E-state index is 0.0530. The average Bonchev–Trinajstić information content (AvgIpc) is 3.75. The van der Waals surface area contributed by atoms with Crippen molar-refractivity contribution in [2.75, 3.05) is 24.6 Å². The number of aromatic nitrogens is 1. The van der Waals surface area contributed by atoms with Gasteiger partial charge in [-0.1, -0.05) is 70.1 Å². The molecule has 9 amide bonds. The summed E-state index contributed by atoms with van der Waals surface area (Å²) in [5, 5.41) is 19.4. The van der Waals surface area contributed by atoms with Crippen molar-refractivity contribution in [2.45, 2.75) is 107 Å². The zero-order chi connectivity index (χ0) is 53.5. The van der Waals surface area contributed by atoms with E-state index in [1.54, 1.807) is 36.5 Å². The molecule has 1 aliphatic heterocycles. The van der Waals surface area contributed by atoms with E-state index < -0.39 is 95.5 Å². The molecule has 1 unspecified atom stereocenters. The third kappa shape index (κ3) is 20.2. The first-order valence-electron chi connectivity index (χ1n) is 23.4. The molecule has 7 atom stereocenters. The fourth-order valence-electron chi connectivity index (χ4n) is 7.57. The predicted molar refractivity (Wildman–Crippen MR) is 278 cm³/mol. The highest BCUT2D eigenvalue weighted by atomic mass is 33.1. The number of primary amides is 2. The van der Waals surface area contributed by atoms with E-state index in [4.69, 9.17) is 34.4 Å². The number of nitrogens with one attached hydrogen (secondary N) is 8. The molecule has 1 aliphatic rings. The van der Waals surface area contributed by atoms with Gasteiger partial charge in [0, 0.05) is 67.9 Å². The summed E-state index contributed by atoms with van der Waals surface area (Å²) in [6.45, 7) is 1.40. The number of carbonyl (C=O) groups excluding carboxylic acids is 9. The van der Waals surface area contributed by atoms with Crippen LogP contribution in [0, 0.1) is 0 Å². The van der Waals surface area contributed by atoms with Crippen LogP contribution < -0.4 is 71.6 Å². The Bertz CT molecular complexity index is 2470. The highest BCUT2D eigenvalue weighted by Crippen LogP contribution is 2.24. The molecule has 27 heteroatoms. The third-order valence-corrected chi connectivity index (χ3v) is 13.7. The number of hydrogen-bond donors (Lipinski definition) is 14. The maximum absolute atomic E-state index is 14.5. The molecule has 1 fully saturated rings. The molecule has 0 saturated carbocycles. The summed E-state index contributed by atoms with van der Waals surface area (Å²) in [4.78, 5) is 134. The van der Waals surface area contributed by atoms with Gasteiger partial charge in [-0.05, 0) is 55.7 Å². The van der Waals surface area contributed by atoms with Crippen LogP contribution in [0.5, 0.6) is 0 Å². The van der Waals surface area contributed by atoms with Gasteiger partial charge >= 0.3 is 0 Å². The van der Waals surface area contributed by atoms with Crippen molar-refractivity contribution in [1.82, 2.24) is 42.2 Å². The van der Waals surface area contributed by atoms with Crippen LogP contribution in [0.15, 0.2) is 70.8 Å². The minimum Gasteiger partial charge on any atom is -0.370 e. The zero-order valence-electron chi connectivity index (χ0n) is 40.4. The number of para-hydroxylation sites is 1. The largest absolute Gasteiger partial charge is 0.370 e. The Morgan fingerprint density at radius 2 is 1.26 bits per heavy atom. The lowest BCUT2D eigenvalue weighted by molar-refractivity contribution is -0.136. The third-order valence-electron chi connectivity index (χ3n) is 11.3. The van der Waals surface area contributed by atoms with Crippen molar-refractivity contribution < 1.29 is 43.2 Å². The van der Waals surface area contributed by atoms with Crippen molar-refractivity contribution >= 4 is 97.6 Å². The van der Waals surface area contributed by atoms with Crippen LogP contribution in [0.4, 0.5) is 0 Å². The van der Waals surface area contributed by atoms with E-state index in [-0.39, 0.29) is 94.3 Å². The number of fused-ring (bicyclic) bond motifs is 1. The van der Waals surface area contributed by atoms with Gasteiger partial charge in [-0.2, -0.15) is 0 Å². The molecule has 0 radical (unpaired) electrons. The molecule has 2 aromatic carbocycles. The smallest absolute Gasteiger partial charge is 0.243 e. The van der Waals surface area contributed by atoms with Crippen molar-refractivity contribution in [1.29, 1.82) is 0 Å². The molecule has 20 N–H and O–H groups in total. The topological polar surface area (TPSA) is 434 Å². The number of aliphatic imine (C=N–C) groups is 2. The lowest BCUT2D eigenvalue weighted by Gasteiger charge is -2.28. The molecule has 73 heavy (non-hydrogen) atoms. The summed E-state index contributed by atoms with van der Waals surface area (Å²) in [5.74, 6) is -7.53. The van der Waals surface area contributed by atoms with E-state index in [2.05, 4.69) is 52.2 Å². The molecule has 0 spiro atoms. The highest BCUT2D eigenvalue weighted by molar-refractivity contribution is 8.76. The number of rotatable bonds is 19. The summed E-state index contributed by atoms with van der Waals surface area (Å²) < 4.78 is 0. The normalized spacial score (nSPS) is 21.0. The van der Waals surface area contributed by atoms with Crippen LogP contribution in [0.2, 0.25) is 0 Å². The summed E-state index contributed by atoms with van der Waals surface area (Å²) in [6, 6.07) is 6.47. The number of guanidine groups is 2. The lowest BCUT2D eigenvalue weighted by atomic mass is 10.0. The fraction of sp³-hybridized carbons (Fsp3) is 0.457. The van der Waals surface area contributed by atoms with E-state index >= 15 is 0 Å². The quantitative estimate of drug-likeness (QED) is 0.0246. The van der Waals surface area contributed by atoms with E-state index in [1.165, 1.54) is 17.7 Å². The first-order valence-corrected chi connectivity index (χ1v) is 25.9.